The molecular formula is C22H25N3O3. The molecule has 0 bridgehead atoms. The molecule has 2 aromatic rings. The molecule has 0 saturated carbocycles. The van der Waals surface area contributed by atoms with Gasteiger partial charge in [0.1, 0.15) is 13.7 Å². The van der Waals surface area contributed by atoms with E-state index in [1.54, 1.807) is 13.1 Å². The molecule has 0 heterocycles. The number of carbonyl (C=O) groups is 1. The fraction of sp³-hybridized carbons (Fsp3) is 0.227. The standard InChI is InChI=1S/C22H25N3O3/c1-5-19(17-11-7-6-8-12-17)16(2)24-28-15-18-13-9-10-14-20(18)21(25-27-4)22(26)23-3/h5-14H,15H2,1-4H3,(H,23,26). The molecule has 146 valence electrons. The molecule has 0 atom stereocenters. The molecule has 1 amide bonds. The number of allylic oxidation sites excluding steroid dienone is 2. The molecule has 0 aromatic heterocycles. The summed E-state index contributed by atoms with van der Waals surface area (Å²) < 4.78 is 0. The maximum atomic E-state index is 12.1. The van der Waals surface area contributed by atoms with E-state index in [4.69, 9.17) is 9.68 Å². The van der Waals surface area contributed by atoms with Gasteiger partial charge in [-0.2, -0.15) is 0 Å². The number of benzene rings is 2. The number of nitrogens with zero attached hydrogens (tertiary/aromatic N) is 2. The Bertz CT molecular complexity index is 887. The second-order valence-corrected chi connectivity index (χ2v) is 5.88. The smallest absolute Gasteiger partial charge is 0.273 e. The Kier molecular flexibility index (Phi) is 7.96. The van der Waals surface area contributed by atoms with Gasteiger partial charge >= 0.3 is 0 Å². The van der Waals surface area contributed by atoms with Crippen LogP contribution in [-0.2, 0) is 21.1 Å². The number of hydrogen-bond donors (Lipinski definition) is 1. The maximum Gasteiger partial charge on any atom is 0.273 e. The van der Waals surface area contributed by atoms with Crippen molar-refractivity contribution in [1.82, 2.24) is 5.32 Å². The van der Waals surface area contributed by atoms with E-state index in [1.165, 1.54) is 7.11 Å². The number of rotatable bonds is 8. The van der Waals surface area contributed by atoms with Crippen LogP contribution < -0.4 is 5.32 Å². The summed E-state index contributed by atoms with van der Waals surface area (Å²) in [4.78, 5) is 22.5. The molecule has 0 saturated heterocycles. The van der Waals surface area contributed by atoms with Gasteiger partial charge in [-0.15, -0.1) is 0 Å². The molecule has 6 nitrogen and oxygen atoms in total. The first-order valence-electron chi connectivity index (χ1n) is 8.92. The zero-order valence-corrected chi connectivity index (χ0v) is 16.6. The fourth-order valence-electron chi connectivity index (χ4n) is 2.75. The van der Waals surface area contributed by atoms with Crippen molar-refractivity contribution in [3.05, 3.63) is 77.4 Å². The van der Waals surface area contributed by atoms with Crippen molar-refractivity contribution < 1.29 is 14.5 Å². The molecule has 0 spiro atoms. The fourth-order valence-corrected chi connectivity index (χ4v) is 2.75. The molecule has 0 unspecified atom stereocenters. The van der Waals surface area contributed by atoms with Crippen LogP contribution in [-0.4, -0.2) is 31.5 Å². The zero-order valence-electron chi connectivity index (χ0n) is 16.6. The van der Waals surface area contributed by atoms with E-state index in [2.05, 4.69) is 15.6 Å². The lowest BCUT2D eigenvalue weighted by Gasteiger charge is -2.11. The Balaban J connectivity index is 2.20. The highest BCUT2D eigenvalue weighted by molar-refractivity contribution is 6.45. The van der Waals surface area contributed by atoms with Crippen molar-refractivity contribution >= 4 is 22.9 Å². The summed E-state index contributed by atoms with van der Waals surface area (Å²) in [5.74, 6) is -0.339. The van der Waals surface area contributed by atoms with Crippen LogP contribution >= 0.6 is 0 Å². The van der Waals surface area contributed by atoms with Crippen LogP contribution in [0.1, 0.15) is 30.5 Å². The molecule has 0 aliphatic heterocycles. The first kappa shape index (κ1) is 20.9. The van der Waals surface area contributed by atoms with Crippen molar-refractivity contribution in [3.8, 4) is 0 Å². The van der Waals surface area contributed by atoms with Crippen LogP contribution in [0, 0.1) is 0 Å². The van der Waals surface area contributed by atoms with Gasteiger partial charge in [-0.25, -0.2) is 0 Å². The second kappa shape index (κ2) is 10.7. The first-order valence-corrected chi connectivity index (χ1v) is 8.92. The highest BCUT2D eigenvalue weighted by atomic mass is 16.6. The van der Waals surface area contributed by atoms with Gasteiger partial charge in [-0.1, -0.05) is 71.0 Å². The number of amides is 1. The first-order chi connectivity index (χ1) is 13.6. The van der Waals surface area contributed by atoms with Crippen molar-refractivity contribution in [2.24, 2.45) is 10.3 Å². The van der Waals surface area contributed by atoms with Gasteiger partial charge < -0.3 is 15.0 Å². The van der Waals surface area contributed by atoms with E-state index in [0.29, 0.717) is 5.56 Å². The predicted molar refractivity (Wildman–Crippen MR) is 112 cm³/mol. The highest BCUT2D eigenvalue weighted by Gasteiger charge is 2.17. The molecule has 0 aliphatic rings. The van der Waals surface area contributed by atoms with Gasteiger partial charge in [0.25, 0.3) is 5.91 Å². The number of hydrogen-bond acceptors (Lipinski definition) is 5. The summed E-state index contributed by atoms with van der Waals surface area (Å²) in [7, 11) is 2.94. The van der Waals surface area contributed by atoms with Gasteiger partial charge in [-0.05, 0) is 19.4 Å². The second-order valence-electron chi connectivity index (χ2n) is 5.88. The Labute approximate surface area is 165 Å². The molecular weight excluding hydrogens is 354 g/mol. The summed E-state index contributed by atoms with van der Waals surface area (Å²) in [6.07, 6.45) is 2.00. The minimum Gasteiger partial charge on any atom is -0.398 e. The lowest BCUT2D eigenvalue weighted by Crippen LogP contribution is -2.29. The summed E-state index contributed by atoms with van der Waals surface area (Å²) >= 11 is 0. The molecule has 0 fully saturated rings. The average molecular weight is 379 g/mol. The summed E-state index contributed by atoms with van der Waals surface area (Å²) in [6, 6.07) is 17.4. The summed E-state index contributed by atoms with van der Waals surface area (Å²) in [6.45, 7) is 4.06. The molecule has 1 N–H and O–H groups in total. The third kappa shape index (κ3) is 5.30. The molecule has 0 radical (unpaired) electrons. The third-order valence-corrected chi connectivity index (χ3v) is 4.08. The van der Waals surface area contributed by atoms with E-state index < -0.39 is 0 Å². The Morgan fingerprint density at radius 2 is 1.75 bits per heavy atom. The SMILES string of the molecule is CC=C(C(C)=NOCc1ccccc1C(=NOC)C(=O)NC)c1ccccc1. The monoisotopic (exact) mass is 379 g/mol. The van der Waals surface area contributed by atoms with E-state index >= 15 is 0 Å². The van der Waals surface area contributed by atoms with Crippen LogP contribution in [0.2, 0.25) is 0 Å². The van der Waals surface area contributed by atoms with Gasteiger partial charge in [0.05, 0.1) is 5.71 Å². The Morgan fingerprint density at radius 1 is 1.07 bits per heavy atom. The maximum absolute atomic E-state index is 12.1. The third-order valence-electron chi connectivity index (χ3n) is 4.08. The molecule has 28 heavy (non-hydrogen) atoms. The topological polar surface area (TPSA) is 72.3 Å². The minimum absolute atomic E-state index is 0.184. The van der Waals surface area contributed by atoms with Crippen molar-refractivity contribution in [2.45, 2.75) is 20.5 Å². The van der Waals surface area contributed by atoms with Crippen molar-refractivity contribution in [1.29, 1.82) is 0 Å². The van der Waals surface area contributed by atoms with Crippen LogP contribution in [0.3, 0.4) is 0 Å². The summed E-state index contributed by atoms with van der Waals surface area (Å²) in [5, 5.41) is 10.7. The van der Waals surface area contributed by atoms with Crippen molar-refractivity contribution in [2.75, 3.05) is 14.2 Å². The van der Waals surface area contributed by atoms with E-state index in [0.717, 1.165) is 22.4 Å². The van der Waals surface area contributed by atoms with E-state index in [-0.39, 0.29) is 18.2 Å². The largest absolute Gasteiger partial charge is 0.398 e. The van der Waals surface area contributed by atoms with Gasteiger partial charge in [0.15, 0.2) is 5.71 Å². The Hall–Kier alpha value is -3.41. The molecule has 2 rings (SSSR count). The van der Waals surface area contributed by atoms with Crippen LogP contribution in [0.4, 0.5) is 0 Å². The molecule has 0 aliphatic carbocycles. The summed E-state index contributed by atoms with van der Waals surface area (Å²) in [5.41, 5.74) is 4.43. The van der Waals surface area contributed by atoms with Gasteiger partial charge in [0.2, 0.25) is 0 Å². The molecule has 6 heteroatoms. The minimum atomic E-state index is -0.339. The number of carbonyl (C=O) groups excluding carboxylic acids is 1. The average Bonchev–Trinajstić information content (AvgIpc) is 2.73. The van der Waals surface area contributed by atoms with Gasteiger partial charge in [-0.3, -0.25) is 4.79 Å². The number of likely N-dealkylation sites (N-methyl/N-ethyl adjacent to an activating group) is 1. The van der Waals surface area contributed by atoms with Crippen molar-refractivity contribution in [3.63, 3.8) is 0 Å². The normalized spacial score (nSPS) is 12.5. The van der Waals surface area contributed by atoms with Gasteiger partial charge in [0, 0.05) is 23.7 Å². The highest BCUT2D eigenvalue weighted by Crippen LogP contribution is 2.17. The van der Waals surface area contributed by atoms with Crippen LogP contribution in [0.15, 0.2) is 71.0 Å². The molecule has 2 aromatic carbocycles. The van der Waals surface area contributed by atoms with E-state index in [9.17, 15) is 4.79 Å². The lowest BCUT2D eigenvalue weighted by molar-refractivity contribution is -0.114. The van der Waals surface area contributed by atoms with E-state index in [1.807, 2.05) is 68.5 Å². The predicted octanol–water partition coefficient (Wildman–Crippen LogP) is 3.78. The zero-order chi connectivity index (χ0) is 20.4. The van der Waals surface area contributed by atoms with Crippen LogP contribution in [0.5, 0.6) is 0 Å². The van der Waals surface area contributed by atoms with Crippen LogP contribution in [0.25, 0.3) is 5.57 Å². The quantitative estimate of drug-likeness (QED) is 0.560. The number of oxime groups is 2. The lowest BCUT2D eigenvalue weighted by atomic mass is 10.0. The number of nitrogens with one attached hydrogen (secondary N) is 1. The Morgan fingerprint density at radius 3 is 2.39 bits per heavy atom.